The van der Waals surface area contributed by atoms with E-state index in [0.717, 1.165) is 24.9 Å². The van der Waals surface area contributed by atoms with Crippen LogP contribution in [0.2, 0.25) is 0 Å². The first kappa shape index (κ1) is 14.8. The molecule has 1 nitrogen and oxygen atoms in total. The van der Waals surface area contributed by atoms with Crippen molar-refractivity contribution < 1.29 is 0 Å². The first-order valence-corrected chi connectivity index (χ1v) is 8.85. The molecule has 4 rings (SSSR count). The van der Waals surface area contributed by atoms with Crippen molar-refractivity contribution in [2.45, 2.75) is 0 Å². The lowest BCUT2D eigenvalue weighted by atomic mass is 10.1. The normalized spacial score (nSPS) is 10.8. The summed E-state index contributed by atoms with van der Waals surface area (Å²) in [4.78, 5) is 4.94. The fourth-order valence-electron chi connectivity index (χ4n) is 2.68. The molecule has 0 fully saturated rings. The Balaban J connectivity index is 1.92. The highest BCUT2D eigenvalue weighted by Crippen LogP contribution is 2.38. The first-order chi connectivity index (χ1) is 11.9. The summed E-state index contributed by atoms with van der Waals surface area (Å²) < 4.78 is 0. The van der Waals surface area contributed by atoms with Gasteiger partial charge in [0.2, 0.25) is 0 Å². The molecule has 0 atom stereocenters. The predicted molar refractivity (Wildman–Crippen MR) is 103 cm³/mol. The lowest BCUT2D eigenvalue weighted by Gasteiger charge is -2.09. The summed E-state index contributed by atoms with van der Waals surface area (Å²) >= 11 is 0. The molecule has 0 amide bonds. The third-order valence-corrected chi connectivity index (χ3v) is 5.10. The lowest BCUT2D eigenvalue weighted by molar-refractivity contribution is 1.37. The molecule has 114 valence electrons. The van der Waals surface area contributed by atoms with E-state index < -0.39 is 0 Å². The topological polar surface area (TPSA) is 12.9 Å². The predicted octanol–water partition coefficient (Wildman–Crippen LogP) is 6.66. The van der Waals surface area contributed by atoms with Gasteiger partial charge in [0.1, 0.15) is 0 Å². The molecule has 0 saturated carbocycles. The van der Waals surface area contributed by atoms with Crippen molar-refractivity contribution in [3.63, 3.8) is 0 Å². The minimum atomic E-state index is 1.02. The van der Waals surface area contributed by atoms with E-state index in [1.165, 1.54) is 16.4 Å². The zero-order chi connectivity index (χ0) is 16.2. The molecule has 0 bridgehead atoms. The Morgan fingerprint density at radius 1 is 0.542 bits per heavy atom. The quantitative estimate of drug-likeness (QED) is 0.410. The van der Waals surface area contributed by atoms with Crippen LogP contribution >= 0.6 is 8.19 Å². The molecule has 1 heterocycles. The molecular formula is C22H16NP. The van der Waals surface area contributed by atoms with Crippen LogP contribution in [0, 0.1) is 0 Å². The lowest BCUT2D eigenvalue weighted by Crippen LogP contribution is -1.87. The standard InChI is InChI=1S/C22H16NP/c1-4-10-17(11-5-1)20-16-21(18-12-6-2-7-13-18)24-22(23-20)19-14-8-3-9-15-19/h1-16H. The molecule has 0 aliphatic heterocycles. The first-order valence-electron chi connectivity index (χ1n) is 7.95. The SMILES string of the molecule is c1ccc(-c2cc(-c3ccccc3)pc(-c3ccccc3)n2)cc1. The summed E-state index contributed by atoms with van der Waals surface area (Å²) in [7, 11) is 1.14. The van der Waals surface area contributed by atoms with E-state index in [-0.39, 0.29) is 0 Å². The van der Waals surface area contributed by atoms with Gasteiger partial charge in [-0.25, -0.2) is 4.98 Å². The molecule has 0 aliphatic carbocycles. The Labute approximate surface area is 143 Å². The smallest absolute Gasteiger partial charge is 0.0982 e. The van der Waals surface area contributed by atoms with Crippen molar-refractivity contribution in [3.05, 3.63) is 97.1 Å². The van der Waals surface area contributed by atoms with Gasteiger partial charge in [-0.1, -0.05) is 91.0 Å². The summed E-state index contributed by atoms with van der Waals surface area (Å²) in [6.07, 6.45) is 0. The van der Waals surface area contributed by atoms with E-state index in [4.69, 9.17) is 4.98 Å². The summed E-state index contributed by atoms with van der Waals surface area (Å²) in [5.41, 5.74) is 5.68. The van der Waals surface area contributed by atoms with Gasteiger partial charge in [-0.15, -0.1) is 0 Å². The number of hydrogen-bond acceptors (Lipinski definition) is 1. The van der Waals surface area contributed by atoms with Crippen LogP contribution in [0.5, 0.6) is 0 Å². The van der Waals surface area contributed by atoms with E-state index in [2.05, 4.69) is 84.9 Å². The van der Waals surface area contributed by atoms with Crippen LogP contribution in [0.1, 0.15) is 0 Å². The van der Waals surface area contributed by atoms with Gasteiger partial charge in [-0.2, -0.15) is 0 Å². The zero-order valence-electron chi connectivity index (χ0n) is 13.1. The Kier molecular flexibility index (Phi) is 4.18. The number of hydrogen-bond donors (Lipinski definition) is 0. The van der Waals surface area contributed by atoms with Crippen LogP contribution in [0.15, 0.2) is 97.1 Å². The van der Waals surface area contributed by atoms with Gasteiger partial charge in [0, 0.05) is 16.4 Å². The molecule has 4 aromatic rings. The van der Waals surface area contributed by atoms with E-state index in [1.807, 2.05) is 12.1 Å². The van der Waals surface area contributed by atoms with Crippen molar-refractivity contribution in [1.29, 1.82) is 0 Å². The van der Waals surface area contributed by atoms with Crippen LogP contribution in [-0.4, -0.2) is 4.98 Å². The molecule has 0 unspecified atom stereocenters. The van der Waals surface area contributed by atoms with Crippen LogP contribution in [-0.2, 0) is 0 Å². The van der Waals surface area contributed by atoms with E-state index in [9.17, 15) is 0 Å². The number of rotatable bonds is 3. The minimum Gasteiger partial charge on any atom is -0.243 e. The Bertz CT molecular complexity index is 796. The molecule has 24 heavy (non-hydrogen) atoms. The van der Waals surface area contributed by atoms with Gasteiger partial charge in [-0.05, 0) is 19.8 Å². The van der Waals surface area contributed by atoms with Crippen molar-refractivity contribution in [1.82, 2.24) is 4.98 Å². The van der Waals surface area contributed by atoms with E-state index >= 15 is 0 Å². The molecule has 0 radical (unpaired) electrons. The maximum Gasteiger partial charge on any atom is 0.0982 e. The number of nitrogens with zero attached hydrogens (tertiary/aromatic N) is 1. The molecule has 0 saturated heterocycles. The highest BCUT2D eigenvalue weighted by atomic mass is 31.0. The van der Waals surface area contributed by atoms with Gasteiger partial charge in [0.15, 0.2) is 0 Å². The third-order valence-electron chi connectivity index (χ3n) is 3.90. The van der Waals surface area contributed by atoms with Crippen molar-refractivity contribution in [2.75, 3.05) is 0 Å². The van der Waals surface area contributed by atoms with Gasteiger partial charge in [0.05, 0.1) is 11.1 Å². The molecule has 0 spiro atoms. The Morgan fingerprint density at radius 2 is 1.04 bits per heavy atom. The Morgan fingerprint density at radius 3 is 1.62 bits per heavy atom. The highest BCUT2D eigenvalue weighted by Gasteiger charge is 2.09. The monoisotopic (exact) mass is 325 g/mol. The summed E-state index contributed by atoms with van der Waals surface area (Å²) in [5.74, 6) is 0. The average Bonchev–Trinajstić information content (AvgIpc) is 2.70. The molecule has 0 N–H and O–H groups in total. The van der Waals surface area contributed by atoms with Gasteiger partial charge in [-0.3, -0.25) is 0 Å². The average molecular weight is 325 g/mol. The molecule has 2 heteroatoms. The highest BCUT2D eigenvalue weighted by molar-refractivity contribution is 7.37. The van der Waals surface area contributed by atoms with Crippen LogP contribution < -0.4 is 0 Å². The number of aromatic nitrogens is 1. The van der Waals surface area contributed by atoms with E-state index in [0.29, 0.717) is 0 Å². The van der Waals surface area contributed by atoms with E-state index in [1.54, 1.807) is 0 Å². The molecule has 1 aromatic heterocycles. The number of benzene rings is 3. The second-order valence-electron chi connectivity index (χ2n) is 5.56. The van der Waals surface area contributed by atoms with Crippen LogP contribution in [0.4, 0.5) is 0 Å². The maximum atomic E-state index is 4.94. The van der Waals surface area contributed by atoms with Gasteiger partial charge in [0.25, 0.3) is 0 Å². The van der Waals surface area contributed by atoms with Crippen LogP contribution in [0.3, 0.4) is 0 Å². The fraction of sp³-hybridized carbons (Fsp3) is 0. The van der Waals surface area contributed by atoms with Crippen molar-refractivity contribution >= 4 is 8.19 Å². The second-order valence-corrected chi connectivity index (χ2v) is 6.69. The second kappa shape index (κ2) is 6.78. The largest absolute Gasteiger partial charge is 0.243 e. The summed E-state index contributed by atoms with van der Waals surface area (Å²) in [6, 6.07) is 33.6. The van der Waals surface area contributed by atoms with Gasteiger partial charge >= 0.3 is 0 Å². The van der Waals surface area contributed by atoms with Crippen molar-refractivity contribution in [2.24, 2.45) is 0 Å². The molecular weight excluding hydrogens is 309 g/mol. The third kappa shape index (κ3) is 3.13. The molecule has 0 aliphatic rings. The summed E-state index contributed by atoms with van der Waals surface area (Å²) in [6.45, 7) is 0. The minimum absolute atomic E-state index is 1.02. The fourth-order valence-corrected chi connectivity index (χ4v) is 3.81. The maximum absolute atomic E-state index is 4.94. The molecule has 3 aromatic carbocycles. The van der Waals surface area contributed by atoms with Crippen LogP contribution in [0.25, 0.3) is 33.1 Å². The summed E-state index contributed by atoms with van der Waals surface area (Å²) in [5, 5.41) is 1.28. The van der Waals surface area contributed by atoms with Gasteiger partial charge < -0.3 is 0 Å². The Hall–Kier alpha value is -2.76. The van der Waals surface area contributed by atoms with Crippen molar-refractivity contribution in [3.8, 4) is 33.1 Å². The zero-order valence-corrected chi connectivity index (χ0v) is 14.0.